The highest BCUT2D eigenvalue weighted by Crippen LogP contribution is 2.09. The lowest BCUT2D eigenvalue weighted by Crippen LogP contribution is -2.45. The summed E-state index contributed by atoms with van der Waals surface area (Å²) in [5.41, 5.74) is 0. The normalized spacial score (nSPS) is 23.9. The maximum absolute atomic E-state index is 11.7. The lowest BCUT2D eigenvalue weighted by atomic mass is 10.1. The first kappa shape index (κ1) is 18.3. The topological polar surface area (TPSA) is 44.4 Å². The van der Waals surface area contributed by atoms with Crippen LogP contribution in [0.2, 0.25) is 0 Å². The Morgan fingerprint density at radius 1 is 1.28 bits per heavy atom. The fraction of sp³-hybridized carbons (Fsp3) is 0.909. The van der Waals surface area contributed by atoms with E-state index in [1.54, 1.807) is 11.8 Å². The Balaban J connectivity index is 0.00000144. The maximum atomic E-state index is 11.7. The van der Waals surface area contributed by atoms with Crippen LogP contribution in [0.15, 0.2) is 0 Å². The van der Waals surface area contributed by atoms with E-state index in [4.69, 9.17) is 0 Å². The van der Waals surface area contributed by atoms with Crippen LogP contribution < -0.4 is 10.6 Å². The van der Waals surface area contributed by atoms with Gasteiger partial charge in [0.15, 0.2) is 0 Å². The molecule has 2 heterocycles. The zero-order chi connectivity index (χ0) is 11.2. The fourth-order valence-corrected chi connectivity index (χ4v) is 3.15. The van der Waals surface area contributed by atoms with Crippen molar-refractivity contribution in [3.8, 4) is 0 Å². The number of nitrogens with one attached hydrogen (secondary N) is 2. The molecule has 2 aliphatic heterocycles. The summed E-state index contributed by atoms with van der Waals surface area (Å²) < 4.78 is 0. The molecule has 108 valence electrons. The van der Waals surface area contributed by atoms with Crippen molar-refractivity contribution in [2.24, 2.45) is 0 Å². The largest absolute Gasteiger partial charge is 0.353 e. The molecule has 1 unspecified atom stereocenters. The Morgan fingerprint density at radius 3 is 2.61 bits per heavy atom. The van der Waals surface area contributed by atoms with Crippen molar-refractivity contribution >= 4 is 42.5 Å². The number of amides is 1. The predicted molar refractivity (Wildman–Crippen MR) is 82.0 cm³/mol. The molecule has 1 atom stereocenters. The van der Waals surface area contributed by atoms with E-state index in [2.05, 4.69) is 15.5 Å². The molecule has 2 rings (SSSR count). The molecule has 2 N–H and O–H groups in total. The lowest BCUT2D eigenvalue weighted by molar-refractivity contribution is -0.122. The minimum Gasteiger partial charge on any atom is -0.353 e. The first-order valence-electron chi connectivity index (χ1n) is 6.17. The van der Waals surface area contributed by atoms with Crippen LogP contribution in [-0.2, 0) is 4.79 Å². The maximum Gasteiger partial charge on any atom is 0.238 e. The average Bonchev–Trinajstić information content (AvgIpc) is 2.84. The van der Waals surface area contributed by atoms with Crippen LogP contribution in [0.5, 0.6) is 0 Å². The highest BCUT2D eigenvalue weighted by atomic mass is 35.5. The van der Waals surface area contributed by atoms with Gasteiger partial charge in [-0.15, -0.1) is 36.6 Å². The molecular formula is C11H23Cl2N3OS. The second-order valence-electron chi connectivity index (χ2n) is 4.47. The number of carbonyl (C=O) groups is 1. The van der Waals surface area contributed by atoms with Crippen LogP contribution in [0.25, 0.3) is 0 Å². The molecule has 4 nitrogen and oxygen atoms in total. The van der Waals surface area contributed by atoms with Gasteiger partial charge >= 0.3 is 0 Å². The van der Waals surface area contributed by atoms with Crippen molar-refractivity contribution in [1.82, 2.24) is 15.5 Å². The molecule has 0 aliphatic carbocycles. The number of hydrogen-bond donors (Lipinski definition) is 2. The van der Waals surface area contributed by atoms with E-state index in [9.17, 15) is 4.79 Å². The molecule has 1 amide bonds. The highest BCUT2D eigenvalue weighted by Gasteiger charge is 2.22. The van der Waals surface area contributed by atoms with Crippen molar-refractivity contribution in [1.29, 1.82) is 0 Å². The third-order valence-electron chi connectivity index (χ3n) is 3.21. The molecule has 0 aromatic carbocycles. The molecule has 2 fully saturated rings. The summed E-state index contributed by atoms with van der Waals surface area (Å²) in [5, 5.41) is 6.20. The van der Waals surface area contributed by atoms with Gasteiger partial charge < -0.3 is 10.2 Å². The van der Waals surface area contributed by atoms with Gasteiger partial charge in [-0.05, 0) is 25.9 Å². The van der Waals surface area contributed by atoms with E-state index in [1.165, 1.54) is 32.4 Å². The summed E-state index contributed by atoms with van der Waals surface area (Å²) in [4.78, 5) is 14.1. The van der Waals surface area contributed by atoms with Crippen molar-refractivity contribution in [3.63, 3.8) is 0 Å². The van der Waals surface area contributed by atoms with Gasteiger partial charge in [0.05, 0.1) is 6.04 Å². The molecule has 0 bridgehead atoms. The predicted octanol–water partition coefficient (Wildman–Crippen LogP) is 1.09. The standard InChI is InChI=1S/C11H21N3OS.2ClH/c15-11(10-8-16-9-13-10)12-4-7-14-5-2-1-3-6-14;;/h10,13H,1-9H2,(H,12,15);2*1H. The molecule has 0 aromatic rings. The SMILES string of the molecule is Cl.Cl.O=C(NCCN1CCCCC1)C1CSCN1. The minimum atomic E-state index is 0. The van der Waals surface area contributed by atoms with Crippen molar-refractivity contribution in [2.45, 2.75) is 25.3 Å². The second-order valence-corrected chi connectivity index (χ2v) is 5.50. The van der Waals surface area contributed by atoms with Crippen LogP contribution in [0.3, 0.4) is 0 Å². The monoisotopic (exact) mass is 315 g/mol. The number of thioether (sulfide) groups is 1. The highest BCUT2D eigenvalue weighted by molar-refractivity contribution is 7.99. The first-order chi connectivity index (χ1) is 7.86. The summed E-state index contributed by atoms with van der Waals surface area (Å²) in [7, 11) is 0. The first-order valence-corrected chi connectivity index (χ1v) is 7.33. The number of nitrogens with zero attached hydrogens (tertiary/aromatic N) is 1. The second kappa shape index (κ2) is 10.1. The van der Waals surface area contributed by atoms with Gasteiger partial charge in [-0.2, -0.15) is 0 Å². The zero-order valence-corrected chi connectivity index (χ0v) is 13.0. The summed E-state index contributed by atoms with van der Waals surface area (Å²) in [6.07, 6.45) is 4.00. The number of likely N-dealkylation sites (tertiary alicyclic amines) is 1. The van der Waals surface area contributed by atoms with Crippen molar-refractivity contribution < 1.29 is 4.79 Å². The minimum absolute atomic E-state index is 0. The molecular weight excluding hydrogens is 293 g/mol. The lowest BCUT2D eigenvalue weighted by Gasteiger charge is -2.26. The third-order valence-corrected chi connectivity index (χ3v) is 4.15. The summed E-state index contributed by atoms with van der Waals surface area (Å²) in [6.45, 7) is 4.20. The van der Waals surface area contributed by atoms with Crippen LogP contribution in [-0.4, -0.2) is 54.7 Å². The Labute approximate surface area is 126 Å². The van der Waals surface area contributed by atoms with Gasteiger partial charge in [-0.3, -0.25) is 10.1 Å². The van der Waals surface area contributed by atoms with Gasteiger partial charge in [0.1, 0.15) is 0 Å². The summed E-state index contributed by atoms with van der Waals surface area (Å²) >= 11 is 1.79. The van der Waals surface area contributed by atoms with E-state index in [0.29, 0.717) is 0 Å². The number of rotatable bonds is 4. The smallest absolute Gasteiger partial charge is 0.238 e. The van der Waals surface area contributed by atoms with Crippen molar-refractivity contribution in [3.05, 3.63) is 0 Å². The fourth-order valence-electron chi connectivity index (χ4n) is 2.21. The van der Waals surface area contributed by atoms with Crippen LogP contribution in [0, 0.1) is 0 Å². The number of carbonyl (C=O) groups excluding carboxylic acids is 1. The quantitative estimate of drug-likeness (QED) is 0.815. The van der Waals surface area contributed by atoms with Gasteiger partial charge in [-0.1, -0.05) is 6.42 Å². The van der Waals surface area contributed by atoms with Gasteiger partial charge in [-0.25, -0.2) is 0 Å². The van der Waals surface area contributed by atoms with E-state index < -0.39 is 0 Å². The molecule has 0 saturated carbocycles. The average molecular weight is 316 g/mol. The molecule has 0 aromatic heterocycles. The van der Waals surface area contributed by atoms with Crippen LogP contribution >= 0.6 is 36.6 Å². The Hall–Kier alpha value is 0.320. The molecule has 7 heteroatoms. The molecule has 2 aliphatic rings. The number of piperidine rings is 1. The van der Waals surface area contributed by atoms with Crippen LogP contribution in [0.1, 0.15) is 19.3 Å². The van der Waals surface area contributed by atoms with Gasteiger partial charge in [0.25, 0.3) is 0 Å². The molecule has 18 heavy (non-hydrogen) atoms. The Kier molecular flexibility index (Phi) is 10.3. The number of halogens is 2. The third kappa shape index (κ3) is 5.97. The summed E-state index contributed by atoms with van der Waals surface area (Å²) in [5.74, 6) is 1.99. The van der Waals surface area contributed by atoms with E-state index in [1.807, 2.05) is 0 Å². The van der Waals surface area contributed by atoms with Crippen molar-refractivity contribution in [2.75, 3.05) is 37.8 Å². The van der Waals surface area contributed by atoms with E-state index in [0.717, 1.165) is 24.7 Å². The number of hydrogen-bond acceptors (Lipinski definition) is 4. The van der Waals surface area contributed by atoms with Gasteiger partial charge in [0, 0.05) is 24.7 Å². The molecule has 0 radical (unpaired) electrons. The molecule has 0 spiro atoms. The Bertz CT molecular complexity index is 234. The van der Waals surface area contributed by atoms with E-state index in [-0.39, 0.29) is 36.8 Å². The van der Waals surface area contributed by atoms with Crippen LogP contribution in [0.4, 0.5) is 0 Å². The zero-order valence-electron chi connectivity index (χ0n) is 10.5. The Morgan fingerprint density at radius 2 is 2.00 bits per heavy atom. The molecule has 2 saturated heterocycles. The van der Waals surface area contributed by atoms with Gasteiger partial charge in [0.2, 0.25) is 5.91 Å². The summed E-state index contributed by atoms with van der Waals surface area (Å²) in [6, 6.07) is 0.0337. The van der Waals surface area contributed by atoms with E-state index >= 15 is 0 Å².